The van der Waals surface area contributed by atoms with Gasteiger partial charge in [-0.25, -0.2) is 13.2 Å². The second-order valence-electron chi connectivity index (χ2n) is 12.0. The molecule has 46 heavy (non-hydrogen) atoms. The van der Waals surface area contributed by atoms with Gasteiger partial charge in [-0.3, -0.25) is 4.90 Å². The van der Waals surface area contributed by atoms with Crippen molar-refractivity contribution in [1.82, 2.24) is 14.9 Å². The van der Waals surface area contributed by atoms with E-state index < -0.39 is 46.2 Å². The van der Waals surface area contributed by atoms with Crippen LogP contribution in [0.5, 0.6) is 6.01 Å². The highest BCUT2D eigenvalue weighted by molar-refractivity contribution is 7.23. The maximum absolute atomic E-state index is 16.9. The Morgan fingerprint density at radius 3 is 2.72 bits per heavy atom. The van der Waals surface area contributed by atoms with Crippen molar-refractivity contribution < 1.29 is 35.8 Å². The Morgan fingerprint density at radius 1 is 1.22 bits per heavy atom. The number of methoxy groups -OCH3 is 1. The van der Waals surface area contributed by atoms with Crippen LogP contribution in [0, 0.1) is 23.0 Å². The fourth-order valence-electron chi connectivity index (χ4n) is 7.20. The molecule has 3 aliphatic rings. The summed E-state index contributed by atoms with van der Waals surface area (Å²) in [5, 5.41) is 9.24. The Labute approximate surface area is 263 Å². The average Bonchev–Trinajstić information content (AvgIpc) is 3.64. The SMILES string of the molecule is COCC1CCN1c1nc(OCC23CCCN2CC(F)C3)nc2c(F)c(-c3ccc(F)c4sc(N)c(C#N)c34)c(C(F)(F)F)cc12. The summed E-state index contributed by atoms with van der Waals surface area (Å²) in [5.41, 5.74) is 2.06. The van der Waals surface area contributed by atoms with Crippen molar-refractivity contribution in [2.75, 3.05) is 50.6 Å². The first-order chi connectivity index (χ1) is 22.0. The van der Waals surface area contributed by atoms with Crippen molar-refractivity contribution in [3.8, 4) is 23.2 Å². The van der Waals surface area contributed by atoms with E-state index in [0.29, 0.717) is 37.3 Å². The number of rotatable bonds is 7. The normalized spacial score (nSPS) is 23.2. The fourth-order valence-corrected chi connectivity index (χ4v) is 8.15. The molecule has 0 amide bonds. The van der Waals surface area contributed by atoms with Crippen molar-refractivity contribution in [3.05, 3.63) is 41.0 Å². The Kier molecular flexibility index (Phi) is 7.45. The third kappa shape index (κ3) is 4.80. The van der Waals surface area contributed by atoms with E-state index in [1.54, 1.807) is 4.90 Å². The van der Waals surface area contributed by atoms with E-state index in [9.17, 15) is 27.2 Å². The molecule has 0 aliphatic carbocycles. The molecule has 15 heteroatoms. The molecule has 0 spiro atoms. The first-order valence-electron chi connectivity index (χ1n) is 14.8. The molecule has 242 valence electrons. The second kappa shape index (κ2) is 11.1. The first-order valence-corrected chi connectivity index (χ1v) is 15.6. The van der Waals surface area contributed by atoms with Gasteiger partial charge in [0.05, 0.1) is 34.0 Å². The predicted octanol–water partition coefficient (Wildman–Crippen LogP) is 6.44. The molecule has 4 aromatic rings. The minimum atomic E-state index is -5.07. The van der Waals surface area contributed by atoms with Gasteiger partial charge >= 0.3 is 12.2 Å². The third-order valence-electron chi connectivity index (χ3n) is 9.40. The lowest BCUT2D eigenvalue weighted by atomic mass is 9.92. The molecule has 0 saturated carbocycles. The minimum absolute atomic E-state index is 0.0211. The molecule has 8 nitrogen and oxygen atoms in total. The van der Waals surface area contributed by atoms with Crippen molar-refractivity contribution >= 4 is 43.1 Å². The van der Waals surface area contributed by atoms with Gasteiger partial charge in [-0.15, -0.1) is 11.3 Å². The van der Waals surface area contributed by atoms with Crippen LogP contribution in [0.4, 0.5) is 37.2 Å². The summed E-state index contributed by atoms with van der Waals surface area (Å²) >= 11 is 0.693. The second-order valence-corrected chi connectivity index (χ2v) is 13.1. The summed E-state index contributed by atoms with van der Waals surface area (Å²) in [6.45, 7) is 1.69. The van der Waals surface area contributed by atoms with E-state index in [-0.39, 0.29) is 75.6 Å². The number of halogens is 6. The molecule has 2 N–H and O–H groups in total. The molecule has 3 atom stereocenters. The summed E-state index contributed by atoms with van der Waals surface area (Å²) in [5.74, 6) is -2.10. The molecule has 3 aliphatic heterocycles. The number of nitrogen functional groups attached to an aromatic ring is 1. The highest BCUT2D eigenvalue weighted by Crippen LogP contribution is 2.48. The Bertz CT molecular complexity index is 1910. The molecule has 5 heterocycles. The largest absolute Gasteiger partial charge is 0.461 e. The highest BCUT2D eigenvalue weighted by Gasteiger charge is 2.49. The summed E-state index contributed by atoms with van der Waals surface area (Å²) in [6, 6.07) is 4.03. The third-order valence-corrected chi connectivity index (χ3v) is 10.4. The van der Waals surface area contributed by atoms with E-state index in [2.05, 4.69) is 9.97 Å². The van der Waals surface area contributed by atoms with Gasteiger partial charge in [0.15, 0.2) is 5.82 Å². The smallest absolute Gasteiger partial charge is 0.417 e. The van der Waals surface area contributed by atoms with Gasteiger partial charge in [0, 0.05) is 43.0 Å². The standard InChI is InChI=1S/C31H28F6N6O2S/c1-44-13-16-5-8-43(16)28-18-9-20(31(35,36)37)23(17-3-4-21(33)26-22(17)19(11-38)27(39)46-26)24(34)25(18)40-29(41-28)45-14-30-6-2-7-42(30)12-15(32)10-30/h3-4,9,15-16H,2,5-8,10,12-14,39H2,1H3. The van der Waals surface area contributed by atoms with Crippen molar-refractivity contribution in [2.24, 2.45) is 0 Å². The van der Waals surface area contributed by atoms with Gasteiger partial charge in [-0.1, -0.05) is 6.07 Å². The molecule has 3 saturated heterocycles. The van der Waals surface area contributed by atoms with Crippen LogP contribution in [0.15, 0.2) is 18.2 Å². The first kappa shape index (κ1) is 30.8. The molecule has 3 fully saturated rings. The number of benzene rings is 2. The number of nitrogens with zero attached hydrogens (tertiary/aromatic N) is 5. The van der Waals surface area contributed by atoms with Gasteiger partial charge in [-0.2, -0.15) is 28.4 Å². The zero-order chi connectivity index (χ0) is 32.5. The molecule has 3 unspecified atom stereocenters. The van der Waals surface area contributed by atoms with Crippen molar-refractivity contribution in [3.63, 3.8) is 0 Å². The topological polar surface area (TPSA) is 101 Å². The van der Waals surface area contributed by atoms with Crippen molar-refractivity contribution in [1.29, 1.82) is 5.26 Å². The predicted molar refractivity (Wildman–Crippen MR) is 161 cm³/mol. The number of aromatic nitrogens is 2. The van der Waals surface area contributed by atoms with Crippen LogP contribution in [-0.2, 0) is 10.9 Å². The number of anilines is 2. The van der Waals surface area contributed by atoms with Gasteiger partial charge in [0.2, 0.25) is 0 Å². The number of thiophene rings is 1. The quantitative estimate of drug-likeness (QED) is 0.226. The summed E-state index contributed by atoms with van der Waals surface area (Å²) in [7, 11) is 1.50. The number of ether oxygens (including phenoxy) is 2. The van der Waals surface area contributed by atoms with E-state index in [0.717, 1.165) is 24.6 Å². The van der Waals surface area contributed by atoms with Crippen LogP contribution in [0.2, 0.25) is 0 Å². The van der Waals surface area contributed by atoms with Crippen molar-refractivity contribution in [2.45, 2.75) is 49.6 Å². The number of alkyl halides is 4. The lowest BCUT2D eigenvalue weighted by molar-refractivity contribution is -0.137. The minimum Gasteiger partial charge on any atom is -0.461 e. The fraction of sp³-hybridized carbons (Fsp3) is 0.452. The molecule has 2 aromatic carbocycles. The average molecular weight is 663 g/mol. The maximum atomic E-state index is 16.9. The van der Waals surface area contributed by atoms with Crippen LogP contribution < -0.4 is 15.4 Å². The highest BCUT2D eigenvalue weighted by atomic mass is 32.1. The summed E-state index contributed by atoms with van der Waals surface area (Å²) in [6.07, 6.45) is -3.62. The molecular weight excluding hydrogens is 634 g/mol. The van der Waals surface area contributed by atoms with Crippen LogP contribution in [0.3, 0.4) is 0 Å². The van der Waals surface area contributed by atoms with Gasteiger partial charge in [-0.05, 0) is 43.5 Å². The van der Waals surface area contributed by atoms with Crippen LogP contribution >= 0.6 is 11.3 Å². The van der Waals surface area contributed by atoms with Crippen LogP contribution in [0.1, 0.15) is 36.8 Å². The zero-order valence-corrected chi connectivity index (χ0v) is 25.4. The van der Waals surface area contributed by atoms with E-state index >= 15 is 4.39 Å². The maximum Gasteiger partial charge on any atom is 0.417 e. The number of fused-ring (bicyclic) bond motifs is 3. The van der Waals surface area contributed by atoms with Crippen LogP contribution in [-0.4, -0.2) is 72.6 Å². The Hall–Kier alpha value is -3.87. The van der Waals surface area contributed by atoms with E-state index in [1.807, 2.05) is 11.0 Å². The summed E-state index contributed by atoms with van der Waals surface area (Å²) in [4.78, 5) is 12.5. The molecule has 0 radical (unpaired) electrons. The Morgan fingerprint density at radius 2 is 2.02 bits per heavy atom. The van der Waals surface area contributed by atoms with E-state index in [4.69, 9.17) is 15.2 Å². The lowest BCUT2D eigenvalue weighted by Gasteiger charge is -2.42. The van der Waals surface area contributed by atoms with Gasteiger partial charge < -0.3 is 20.1 Å². The molecule has 2 aromatic heterocycles. The van der Waals surface area contributed by atoms with Crippen LogP contribution in [0.25, 0.3) is 32.1 Å². The van der Waals surface area contributed by atoms with Gasteiger partial charge in [0.1, 0.15) is 41.0 Å². The van der Waals surface area contributed by atoms with Gasteiger partial charge in [0.25, 0.3) is 0 Å². The molecular formula is C31H28F6N6O2S. The number of hydrogen-bond acceptors (Lipinski definition) is 9. The monoisotopic (exact) mass is 662 g/mol. The Balaban J connectivity index is 1.45. The molecule has 0 bridgehead atoms. The lowest BCUT2D eigenvalue weighted by Crippen LogP contribution is -2.51. The number of nitriles is 1. The molecule has 7 rings (SSSR count). The number of hydrogen-bond donors (Lipinski definition) is 1. The van der Waals surface area contributed by atoms with E-state index in [1.165, 1.54) is 7.11 Å². The summed E-state index contributed by atoms with van der Waals surface area (Å²) < 4.78 is 102. The number of nitrogens with two attached hydrogens (primary N) is 1. The zero-order valence-electron chi connectivity index (χ0n) is 24.6.